The van der Waals surface area contributed by atoms with E-state index in [1.54, 1.807) is 0 Å². The molecule has 0 amide bonds. The summed E-state index contributed by atoms with van der Waals surface area (Å²) in [5.41, 5.74) is 21.6. The Hall–Kier alpha value is -10.2. The lowest BCUT2D eigenvalue weighted by Crippen LogP contribution is -2.27. The van der Waals surface area contributed by atoms with Crippen molar-refractivity contribution in [3.05, 3.63) is 288 Å². The molecule has 17 rings (SSSR count). The molecule has 13 aromatic carbocycles. The van der Waals surface area contributed by atoms with Crippen LogP contribution in [0.5, 0.6) is 0 Å². The fraction of sp³-hybridized carbons (Fsp3) is 0.0400. The van der Waals surface area contributed by atoms with Gasteiger partial charge in [-0.2, -0.15) is 0 Å². The van der Waals surface area contributed by atoms with Crippen molar-refractivity contribution in [2.24, 2.45) is 0 Å². The zero-order chi connectivity index (χ0) is 52.1. The highest BCUT2D eigenvalue weighted by atomic mass is 16.3. The summed E-state index contributed by atoms with van der Waals surface area (Å²) in [6, 6.07) is 94.1. The van der Waals surface area contributed by atoms with Crippen molar-refractivity contribution in [2.75, 3.05) is 9.80 Å². The van der Waals surface area contributed by atoms with Crippen molar-refractivity contribution >= 4 is 110 Å². The maximum atomic E-state index is 6.93. The molecule has 0 bridgehead atoms. The third-order valence-corrected chi connectivity index (χ3v) is 17.3. The first-order valence-electron chi connectivity index (χ1n) is 27.3. The van der Waals surface area contributed by atoms with E-state index in [1.165, 1.54) is 82.6 Å². The lowest BCUT2D eigenvalue weighted by atomic mass is 9.68. The van der Waals surface area contributed by atoms with E-state index in [9.17, 15) is 0 Å². The fourth-order valence-electron chi connectivity index (χ4n) is 14.2. The second-order valence-corrected chi connectivity index (χ2v) is 21.6. The van der Waals surface area contributed by atoms with Gasteiger partial charge in [0.15, 0.2) is 11.2 Å². The molecule has 79 heavy (non-hydrogen) atoms. The minimum atomic E-state index is -0.692. The molecule has 0 N–H and O–H groups in total. The van der Waals surface area contributed by atoms with Gasteiger partial charge in [0.2, 0.25) is 0 Å². The monoisotopic (exact) mass is 1010 g/mol. The Labute approximate surface area is 456 Å². The second-order valence-electron chi connectivity index (χ2n) is 21.6. The molecule has 0 radical (unpaired) electrons. The van der Waals surface area contributed by atoms with Gasteiger partial charge in [0.05, 0.1) is 22.5 Å². The van der Waals surface area contributed by atoms with E-state index in [0.717, 1.165) is 83.4 Å². The molecular weight excluding hydrogens is 961 g/mol. The normalized spacial score (nSPS) is 13.0. The number of rotatable bonds is 6. The summed E-state index contributed by atoms with van der Waals surface area (Å²) in [4.78, 5) is 4.85. The van der Waals surface area contributed by atoms with Gasteiger partial charge < -0.3 is 18.6 Å². The SMILES string of the molecule is Cc1cccc(N(c2ccc3c4c(c5ccccc5c3c2)-c2cc(N(c3cccc(C)c3)c3cccc5c3oc3ccccc35)c3ccccc3c2C42c3ccccc3-c3ccccc32)c2cccc3c2oc2ccccc23)c1. The number of aryl methyl sites for hydroxylation is 2. The number of furan rings is 2. The van der Waals surface area contributed by atoms with Crippen LogP contribution in [0.3, 0.4) is 0 Å². The van der Waals surface area contributed by atoms with E-state index in [2.05, 4.69) is 272 Å². The minimum Gasteiger partial charge on any atom is -0.454 e. The van der Waals surface area contributed by atoms with Crippen LogP contribution in [-0.2, 0) is 5.41 Å². The number of fused-ring (bicyclic) bond motifs is 23. The van der Waals surface area contributed by atoms with Crippen LogP contribution in [-0.4, -0.2) is 0 Å². The standard InChI is InChI=1S/C75H48N2O2/c1-45-19-15-21-47(41-45)76(65-35-17-31-59-54-27-9-13-37-68(54)78-73(59)65)49-39-40-58-61(43-49)50-23-3-5-29-56(50)70-62-44-67(77(48-22-16-20-46(2)42-48)66-36-18-32-60-55-28-10-14-38-69(55)79-74(60)66)53-26-4-6-30-57(53)71(62)75(72(58)70)63-33-11-7-24-51(63)52-25-8-12-34-64(52)75/h3-44H,1-2H3. The second kappa shape index (κ2) is 16.4. The Bertz CT molecular complexity index is 5050. The first-order valence-corrected chi connectivity index (χ1v) is 27.3. The highest BCUT2D eigenvalue weighted by molar-refractivity contribution is 6.24. The molecule has 0 aliphatic heterocycles. The molecule has 4 nitrogen and oxygen atoms in total. The van der Waals surface area contributed by atoms with Gasteiger partial charge in [0, 0.05) is 44.0 Å². The predicted molar refractivity (Wildman–Crippen MR) is 329 cm³/mol. The molecule has 4 heteroatoms. The maximum Gasteiger partial charge on any atom is 0.159 e. The lowest BCUT2D eigenvalue weighted by molar-refractivity contribution is 0.668. The van der Waals surface area contributed by atoms with Crippen LogP contribution in [0, 0.1) is 13.8 Å². The predicted octanol–water partition coefficient (Wildman–Crippen LogP) is 20.8. The largest absolute Gasteiger partial charge is 0.454 e. The molecule has 15 aromatic rings. The third-order valence-electron chi connectivity index (χ3n) is 17.3. The van der Waals surface area contributed by atoms with Gasteiger partial charge in [-0.25, -0.2) is 0 Å². The summed E-state index contributed by atoms with van der Waals surface area (Å²) < 4.78 is 13.8. The molecule has 0 unspecified atom stereocenters. The molecule has 0 atom stereocenters. The quantitative estimate of drug-likeness (QED) is 0.155. The Kier molecular flexibility index (Phi) is 9.15. The number of hydrogen-bond donors (Lipinski definition) is 0. The topological polar surface area (TPSA) is 32.8 Å². The van der Waals surface area contributed by atoms with Crippen molar-refractivity contribution in [1.82, 2.24) is 0 Å². The molecular formula is C75H48N2O2. The average molecular weight is 1010 g/mol. The first kappa shape index (κ1) is 44.0. The molecule has 0 fully saturated rings. The summed E-state index contributed by atoms with van der Waals surface area (Å²) in [5, 5.41) is 11.6. The van der Waals surface area contributed by atoms with E-state index in [0.29, 0.717) is 0 Å². The summed E-state index contributed by atoms with van der Waals surface area (Å²) >= 11 is 0. The van der Waals surface area contributed by atoms with Gasteiger partial charge in [0.25, 0.3) is 0 Å². The molecule has 370 valence electrons. The molecule has 2 heterocycles. The summed E-state index contributed by atoms with van der Waals surface area (Å²) in [5.74, 6) is 0. The van der Waals surface area contributed by atoms with Gasteiger partial charge in [-0.3, -0.25) is 0 Å². The van der Waals surface area contributed by atoms with Crippen LogP contribution in [0.25, 0.3) is 98.4 Å². The van der Waals surface area contributed by atoms with E-state index in [1.807, 2.05) is 6.07 Å². The molecule has 0 saturated heterocycles. The molecule has 2 aliphatic rings. The van der Waals surface area contributed by atoms with Crippen LogP contribution in [0.15, 0.2) is 264 Å². The van der Waals surface area contributed by atoms with Crippen LogP contribution in [0.1, 0.15) is 33.4 Å². The number of hydrogen-bond acceptors (Lipinski definition) is 4. The zero-order valence-corrected chi connectivity index (χ0v) is 43.5. The van der Waals surface area contributed by atoms with Gasteiger partial charge in [-0.15, -0.1) is 0 Å². The van der Waals surface area contributed by atoms with Crippen molar-refractivity contribution in [2.45, 2.75) is 19.3 Å². The van der Waals surface area contributed by atoms with Crippen LogP contribution >= 0.6 is 0 Å². The number of nitrogens with zero attached hydrogens (tertiary/aromatic N) is 2. The van der Waals surface area contributed by atoms with Gasteiger partial charge in [-0.05, 0) is 163 Å². The Morgan fingerprint density at radius 2 is 0.759 bits per heavy atom. The van der Waals surface area contributed by atoms with Crippen molar-refractivity contribution in [1.29, 1.82) is 0 Å². The van der Waals surface area contributed by atoms with Gasteiger partial charge in [0.1, 0.15) is 11.2 Å². The lowest BCUT2D eigenvalue weighted by Gasteiger charge is -2.34. The van der Waals surface area contributed by atoms with Crippen LogP contribution in [0.4, 0.5) is 34.1 Å². The molecule has 2 aliphatic carbocycles. The average Bonchev–Trinajstić information content (AvgIpc) is 2.46. The smallest absolute Gasteiger partial charge is 0.159 e. The van der Waals surface area contributed by atoms with E-state index >= 15 is 0 Å². The Balaban J connectivity index is 1.01. The zero-order valence-electron chi connectivity index (χ0n) is 43.5. The molecule has 0 saturated carbocycles. The summed E-state index contributed by atoms with van der Waals surface area (Å²) in [7, 11) is 0. The molecule has 1 spiro atoms. The van der Waals surface area contributed by atoms with E-state index in [-0.39, 0.29) is 0 Å². The van der Waals surface area contributed by atoms with E-state index < -0.39 is 5.41 Å². The van der Waals surface area contributed by atoms with Crippen molar-refractivity contribution < 1.29 is 8.83 Å². The van der Waals surface area contributed by atoms with Crippen molar-refractivity contribution in [3.8, 4) is 22.3 Å². The van der Waals surface area contributed by atoms with Crippen LogP contribution < -0.4 is 9.80 Å². The highest BCUT2D eigenvalue weighted by Crippen LogP contribution is 2.68. The Morgan fingerprint density at radius 1 is 0.291 bits per heavy atom. The van der Waals surface area contributed by atoms with E-state index in [4.69, 9.17) is 8.83 Å². The minimum absolute atomic E-state index is 0.692. The highest BCUT2D eigenvalue weighted by Gasteiger charge is 2.54. The Morgan fingerprint density at radius 3 is 1.38 bits per heavy atom. The molecule has 2 aromatic heterocycles. The summed E-state index contributed by atoms with van der Waals surface area (Å²) in [6.07, 6.45) is 0. The third kappa shape index (κ3) is 6.03. The maximum absolute atomic E-state index is 6.93. The number of benzene rings is 13. The first-order chi connectivity index (χ1) is 39.0. The van der Waals surface area contributed by atoms with Crippen molar-refractivity contribution in [3.63, 3.8) is 0 Å². The number of para-hydroxylation sites is 4. The fourth-order valence-corrected chi connectivity index (χ4v) is 14.2. The van der Waals surface area contributed by atoms with Crippen LogP contribution in [0.2, 0.25) is 0 Å². The van der Waals surface area contributed by atoms with Gasteiger partial charge in [-0.1, -0.05) is 188 Å². The van der Waals surface area contributed by atoms with Gasteiger partial charge >= 0.3 is 0 Å². The summed E-state index contributed by atoms with van der Waals surface area (Å²) in [6.45, 7) is 4.35. The number of anilines is 6.